The number of alkyl halides is 3. The average Bonchev–Trinajstić information content (AvgIpc) is 2.57. The van der Waals surface area contributed by atoms with Gasteiger partial charge in [0.15, 0.2) is 0 Å². The van der Waals surface area contributed by atoms with E-state index in [1.807, 2.05) is 0 Å². The maximum absolute atomic E-state index is 14.2. The molecule has 0 aliphatic heterocycles. The fraction of sp³-hybridized carbons (Fsp3) is 0.350. The Labute approximate surface area is 151 Å². The van der Waals surface area contributed by atoms with Gasteiger partial charge in [0.05, 0.1) is 19.2 Å². The van der Waals surface area contributed by atoms with Crippen LogP contribution in [0, 0.1) is 0 Å². The van der Waals surface area contributed by atoms with Gasteiger partial charge in [0.2, 0.25) is 0 Å². The Morgan fingerprint density at radius 2 is 1.58 bits per heavy atom. The van der Waals surface area contributed by atoms with E-state index in [-0.39, 0.29) is 17.9 Å². The zero-order valence-corrected chi connectivity index (χ0v) is 15.3. The van der Waals surface area contributed by atoms with Crippen molar-refractivity contribution in [3.8, 4) is 5.75 Å². The van der Waals surface area contributed by atoms with Crippen molar-refractivity contribution >= 4 is 5.84 Å². The van der Waals surface area contributed by atoms with E-state index in [4.69, 9.17) is 10.5 Å². The first-order valence-corrected chi connectivity index (χ1v) is 8.17. The number of halogens is 3. The second-order valence-corrected chi connectivity index (χ2v) is 6.67. The normalized spacial score (nSPS) is 13.0. The lowest BCUT2D eigenvalue weighted by Crippen LogP contribution is -2.17. The van der Waals surface area contributed by atoms with Crippen LogP contribution in [-0.4, -0.2) is 12.9 Å². The van der Waals surface area contributed by atoms with Crippen molar-refractivity contribution in [2.45, 2.75) is 38.9 Å². The molecule has 3 nitrogen and oxygen atoms in total. The number of nitrogens with zero attached hydrogens (tertiary/aromatic N) is 1. The first-order valence-electron chi connectivity index (χ1n) is 8.17. The minimum absolute atomic E-state index is 0.0576. The third-order valence-electron chi connectivity index (χ3n) is 4.05. The molecule has 0 aromatic heterocycles. The van der Waals surface area contributed by atoms with Crippen molar-refractivity contribution in [3.05, 3.63) is 64.7 Å². The quantitative estimate of drug-likeness (QED) is 0.584. The number of benzene rings is 2. The third kappa shape index (κ3) is 4.77. The molecule has 0 amide bonds. The van der Waals surface area contributed by atoms with Gasteiger partial charge >= 0.3 is 0 Å². The predicted molar refractivity (Wildman–Crippen MR) is 97.6 cm³/mol. The van der Waals surface area contributed by atoms with Crippen LogP contribution in [0.4, 0.5) is 13.2 Å². The highest BCUT2D eigenvalue weighted by Gasteiger charge is 2.23. The second kappa shape index (κ2) is 7.40. The Balaban J connectivity index is 2.26. The largest absolute Gasteiger partial charge is 0.496 e. The number of rotatable bonds is 6. The number of aliphatic imine (C=N–C) groups is 1. The molecular formula is C20H23F3N2O. The minimum Gasteiger partial charge on any atom is -0.496 e. The van der Waals surface area contributed by atoms with Crippen molar-refractivity contribution in [2.75, 3.05) is 7.11 Å². The van der Waals surface area contributed by atoms with Gasteiger partial charge in [-0.3, -0.25) is 4.99 Å². The van der Waals surface area contributed by atoms with Crippen molar-refractivity contribution in [1.82, 2.24) is 0 Å². The molecule has 0 aliphatic rings. The van der Waals surface area contributed by atoms with Gasteiger partial charge in [0, 0.05) is 12.5 Å². The summed E-state index contributed by atoms with van der Waals surface area (Å²) in [5.41, 5.74) is 6.17. The second-order valence-electron chi connectivity index (χ2n) is 6.67. The number of methoxy groups -OCH3 is 1. The molecule has 6 heteroatoms. The summed E-state index contributed by atoms with van der Waals surface area (Å²) in [6, 6.07) is 10.8. The van der Waals surface area contributed by atoms with Crippen molar-refractivity contribution in [2.24, 2.45) is 10.7 Å². The first-order chi connectivity index (χ1) is 12.0. The summed E-state index contributed by atoms with van der Waals surface area (Å²) in [7, 11) is 1.50. The van der Waals surface area contributed by atoms with Crippen molar-refractivity contribution < 1.29 is 17.9 Å². The number of ether oxygens (including phenoxy) is 1. The fourth-order valence-electron chi connectivity index (χ4n) is 2.44. The minimum atomic E-state index is -2.88. The van der Waals surface area contributed by atoms with Crippen LogP contribution in [0.3, 0.4) is 0 Å². The van der Waals surface area contributed by atoms with E-state index in [1.54, 1.807) is 30.3 Å². The fourth-order valence-corrected chi connectivity index (χ4v) is 2.44. The highest BCUT2D eigenvalue weighted by molar-refractivity contribution is 6.00. The first kappa shape index (κ1) is 19.8. The van der Waals surface area contributed by atoms with Gasteiger partial charge in [0.25, 0.3) is 5.92 Å². The van der Waals surface area contributed by atoms with Crippen LogP contribution < -0.4 is 10.5 Å². The molecule has 0 fully saturated rings. The summed E-state index contributed by atoms with van der Waals surface area (Å²) < 4.78 is 46.0. The molecule has 2 N–H and O–H groups in total. The highest BCUT2D eigenvalue weighted by Crippen LogP contribution is 2.29. The summed E-state index contributed by atoms with van der Waals surface area (Å²) in [6.45, 7) is 3.98. The van der Waals surface area contributed by atoms with Crippen LogP contribution in [0.2, 0.25) is 0 Å². The van der Waals surface area contributed by atoms with E-state index in [0.29, 0.717) is 16.9 Å². The Hall–Kier alpha value is -2.50. The van der Waals surface area contributed by atoms with Crippen LogP contribution >= 0.6 is 0 Å². The lowest BCUT2D eigenvalue weighted by molar-refractivity contribution is 0.0174. The predicted octanol–water partition coefficient (Wildman–Crippen LogP) is 4.92. The van der Waals surface area contributed by atoms with Gasteiger partial charge < -0.3 is 10.5 Å². The van der Waals surface area contributed by atoms with Gasteiger partial charge in [-0.05, 0) is 37.1 Å². The molecule has 0 spiro atoms. The van der Waals surface area contributed by atoms with E-state index in [2.05, 4.69) is 4.99 Å². The maximum Gasteiger partial charge on any atom is 0.270 e. The average molecular weight is 364 g/mol. The van der Waals surface area contributed by atoms with Gasteiger partial charge in [-0.1, -0.05) is 30.3 Å². The lowest BCUT2D eigenvalue weighted by Gasteiger charge is -2.17. The van der Waals surface area contributed by atoms with Gasteiger partial charge in [-0.2, -0.15) is 0 Å². The Kier molecular flexibility index (Phi) is 5.64. The molecule has 2 aromatic carbocycles. The zero-order chi connectivity index (χ0) is 19.5. The summed E-state index contributed by atoms with van der Waals surface area (Å²) in [4.78, 5) is 4.29. The van der Waals surface area contributed by atoms with E-state index >= 15 is 0 Å². The van der Waals surface area contributed by atoms with Crippen molar-refractivity contribution in [3.63, 3.8) is 0 Å². The van der Waals surface area contributed by atoms with Crippen LogP contribution in [-0.2, 0) is 18.1 Å². The molecule has 0 radical (unpaired) electrons. The molecule has 0 atom stereocenters. The van der Waals surface area contributed by atoms with E-state index in [1.165, 1.54) is 33.1 Å². The van der Waals surface area contributed by atoms with Gasteiger partial charge in [-0.15, -0.1) is 0 Å². The topological polar surface area (TPSA) is 47.6 Å². The Morgan fingerprint density at radius 1 is 1.00 bits per heavy atom. The summed E-state index contributed by atoms with van der Waals surface area (Å²) in [5.74, 6) is -2.20. The van der Waals surface area contributed by atoms with Gasteiger partial charge in [0.1, 0.15) is 17.3 Å². The molecule has 140 valence electrons. The van der Waals surface area contributed by atoms with Crippen LogP contribution in [0.25, 0.3) is 0 Å². The number of hydrogen-bond donors (Lipinski definition) is 1. The SMILES string of the molecule is COc1ccc(C(C)(C)F)cc1C(N)=NCc1ccc(C(C)(F)F)cc1. The summed E-state index contributed by atoms with van der Waals surface area (Å²) in [5, 5.41) is 0. The molecule has 0 aliphatic carbocycles. The molecule has 2 aromatic rings. The third-order valence-corrected chi connectivity index (χ3v) is 4.05. The number of nitrogens with two attached hydrogens (primary N) is 1. The molecule has 26 heavy (non-hydrogen) atoms. The molecule has 0 saturated carbocycles. The van der Waals surface area contributed by atoms with Crippen LogP contribution in [0.1, 0.15) is 43.0 Å². The number of amidine groups is 1. The Bertz CT molecular complexity index is 788. The van der Waals surface area contributed by atoms with Crippen LogP contribution in [0.15, 0.2) is 47.5 Å². The Morgan fingerprint density at radius 3 is 2.08 bits per heavy atom. The van der Waals surface area contributed by atoms with Gasteiger partial charge in [-0.25, -0.2) is 13.2 Å². The standard InChI is InChI=1S/C20H23F3N2O/c1-19(2,21)15-9-10-17(26-4)16(11-15)18(24)25-12-13-5-7-14(8-6-13)20(3,22)23/h5-11H,12H2,1-4H3,(H2,24,25). The smallest absolute Gasteiger partial charge is 0.270 e. The van der Waals surface area contributed by atoms with Crippen LogP contribution in [0.5, 0.6) is 5.75 Å². The molecule has 0 bridgehead atoms. The molecule has 0 heterocycles. The molecular weight excluding hydrogens is 341 g/mol. The molecule has 2 rings (SSSR count). The lowest BCUT2D eigenvalue weighted by atomic mass is 9.97. The van der Waals surface area contributed by atoms with Crippen molar-refractivity contribution in [1.29, 1.82) is 0 Å². The van der Waals surface area contributed by atoms with E-state index in [0.717, 1.165) is 12.5 Å². The highest BCUT2D eigenvalue weighted by atomic mass is 19.3. The zero-order valence-electron chi connectivity index (χ0n) is 15.3. The summed E-state index contributed by atoms with van der Waals surface area (Å²) in [6.07, 6.45) is 0. The van der Waals surface area contributed by atoms with E-state index < -0.39 is 11.6 Å². The molecule has 0 unspecified atom stereocenters. The summed E-state index contributed by atoms with van der Waals surface area (Å²) >= 11 is 0. The maximum atomic E-state index is 14.2. The van der Waals surface area contributed by atoms with E-state index in [9.17, 15) is 13.2 Å². The number of hydrogen-bond acceptors (Lipinski definition) is 2. The monoisotopic (exact) mass is 364 g/mol. The molecule has 0 saturated heterocycles.